The molecule has 194 valence electrons. The maximum atomic E-state index is 12.8. The normalized spacial score (nSPS) is 16.9. The van der Waals surface area contributed by atoms with Gasteiger partial charge in [0.15, 0.2) is 5.11 Å². The fourth-order valence-electron chi connectivity index (χ4n) is 5.37. The molecule has 5 rings (SSSR count). The Hall–Kier alpha value is -3.68. The molecule has 0 saturated carbocycles. The number of pyridine rings is 1. The second kappa shape index (κ2) is 11.0. The van der Waals surface area contributed by atoms with E-state index in [9.17, 15) is 4.79 Å². The Labute approximate surface area is 233 Å². The summed E-state index contributed by atoms with van der Waals surface area (Å²) in [5.41, 5.74) is 7.30. The molecule has 2 aromatic carbocycles. The maximum Gasteiger partial charge on any atom is 0.226 e. The van der Waals surface area contributed by atoms with Crippen molar-refractivity contribution < 1.29 is 4.79 Å². The molecular weight excluding hydrogens is 514 g/mol. The van der Waals surface area contributed by atoms with E-state index in [-0.39, 0.29) is 18.0 Å². The minimum Gasteiger partial charge on any atom is -0.352 e. The van der Waals surface area contributed by atoms with Crippen LogP contribution in [0.3, 0.4) is 0 Å². The molecule has 0 spiro atoms. The van der Waals surface area contributed by atoms with Crippen LogP contribution >= 0.6 is 23.8 Å². The molecule has 1 amide bonds. The first-order valence-electron chi connectivity index (χ1n) is 12.6. The zero-order valence-electron chi connectivity index (χ0n) is 21.6. The van der Waals surface area contributed by atoms with Crippen molar-refractivity contribution in [2.24, 2.45) is 0 Å². The van der Waals surface area contributed by atoms with Gasteiger partial charge < -0.3 is 20.1 Å². The molecule has 1 fully saturated rings. The van der Waals surface area contributed by atoms with Crippen molar-refractivity contribution in [1.29, 1.82) is 0 Å². The lowest BCUT2D eigenvalue weighted by Gasteiger charge is -2.29. The number of hydrogen-bond acceptors (Lipinski definition) is 3. The molecule has 2 aromatic heterocycles. The first-order chi connectivity index (χ1) is 18.3. The standard InChI is InChI=1S/C30H30ClN5OS/c1-19-20(2)36(24-13-9-10-22(31)18-24)21(3)27(19)29-28(25-14-7-8-16-32-25)34-30(38)35(29)17-15-26(37)33-23-11-5-4-6-12-23/h4-14,16,18,28-29H,15,17H2,1-3H3,(H,33,37)(H,34,38)/t28-,29+/m0/s1. The summed E-state index contributed by atoms with van der Waals surface area (Å²) < 4.78 is 2.24. The van der Waals surface area contributed by atoms with Crippen LogP contribution in [-0.2, 0) is 4.79 Å². The summed E-state index contributed by atoms with van der Waals surface area (Å²) in [6.07, 6.45) is 2.10. The fourth-order valence-corrected chi connectivity index (χ4v) is 5.89. The second-order valence-electron chi connectivity index (χ2n) is 9.51. The summed E-state index contributed by atoms with van der Waals surface area (Å²) in [6.45, 7) is 6.88. The molecule has 38 heavy (non-hydrogen) atoms. The summed E-state index contributed by atoms with van der Waals surface area (Å²) in [7, 11) is 0. The molecule has 1 aliphatic rings. The van der Waals surface area contributed by atoms with E-state index in [1.165, 1.54) is 11.1 Å². The molecule has 1 saturated heterocycles. The summed E-state index contributed by atoms with van der Waals surface area (Å²) in [5, 5.41) is 7.80. The molecule has 1 aliphatic heterocycles. The van der Waals surface area contributed by atoms with Crippen molar-refractivity contribution in [3.05, 3.63) is 112 Å². The van der Waals surface area contributed by atoms with Gasteiger partial charge in [0.25, 0.3) is 0 Å². The molecule has 0 radical (unpaired) electrons. The Bertz CT molecular complexity index is 1470. The lowest BCUT2D eigenvalue weighted by molar-refractivity contribution is -0.116. The summed E-state index contributed by atoms with van der Waals surface area (Å²) >= 11 is 12.2. The smallest absolute Gasteiger partial charge is 0.226 e. The van der Waals surface area contributed by atoms with Crippen molar-refractivity contribution in [3.63, 3.8) is 0 Å². The van der Waals surface area contributed by atoms with Crippen LogP contribution in [0.15, 0.2) is 79.0 Å². The molecule has 8 heteroatoms. The molecule has 0 aliphatic carbocycles. The number of carbonyl (C=O) groups is 1. The van der Waals surface area contributed by atoms with Crippen LogP contribution in [0.5, 0.6) is 0 Å². The number of amides is 1. The minimum atomic E-state index is -0.159. The predicted octanol–water partition coefficient (Wildman–Crippen LogP) is 6.45. The van der Waals surface area contributed by atoms with Crippen molar-refractivity contribution in [2.45, 2.75) is 39.3 Å². The lowest BCUT2D eigenvalue weighted by atomic mass is 9.93. The predicted molar refractivity (Wildman–Crippen MR) is 157 cm³/mol. The SMILES string of the molecule is Cc1c([C@@H]2[C@H](c3ccccn3)NC(=S)N2CCC(=O)Nc2ccccc2)c(C)n(-c2cccc(Cl)c2)c1C. The van der Waals surface area contributed by atoms with Gasteiger partial charge in [-0.25, -0.2) is 0 Å². The first kappa shape index (κ1) is 25.9. The van der Waals surface area contributed by atoms with Gasteiger partial charge in [0, 0.05) is 52.5 Å². The van der Waals surface area contributed by atoms with Gasteiger partial charge >= 0.3 is 0 Å². The molecule has 6 nitrogen and oxygen atoms in total. The lowest BCUT2D eigenvalue weighted by Crippen LogP contribution is -2.33. The Morgan fingerprint density at radius 1 is 1.03 bits per heavy atom. The third-order valence-electron chi connectivity index (χ3n) is 7.20. The molecule has 2 N–H and O–H groups in total. The third kappa shape index (κ3) is 5.04. The van der Waals surface area contributed by atoms with Crippen LogP contribution in [0, 0.1) is 20.8 Å². The number of benzene rings is 2. The van der Waals surface area contributed by atoms with Gasteiger partial charge in [0.2, 0.25) is 5.91 Å². The highest BCUT2D eigenvalue weighted by Gasteiger charge is 2.42. The minimum absolute atomic E-state index is 0.0554. The van der Waals surface area contributed by atoms with Gasteiger partial charge in [-0.05, 0) is 81.0 Å². The topological polar surface area (TPSA) is 62.2 Å². The number of halogens is 1. The Morgan fingerprint density at radius 2 is 1.79 bits per heavy atom. The van der Waals surface area contributed by atoms with Gasteiger partial charge in [0.1, 0.15) is 0 Å². The summed E-state index contributed by atoms with van der Waals surface area (Å²) in [6, 6.07) is 23.0. The molecule has 4 aromatic rings. The Balaban J connectivity index is 1.52. The number of nitrogens with one attached hydrogen (secondary N) is 2. The number of hydrogen-bond donors (Lipinski definition) is 2. The highest BCUT2D eigenvalue weighted by atomic mass is 35.5. The van der Waals surface area contributed by atoms with Crippen LogP contribution < -0.4 is 10.6 Å². The molecule has 3 heterocycles. The summed E-state index contributed by atoms with van der Waals surface area (Å²) in [5.74, 6) is -0.0554. The first-order valence-corrected chi connectivity index (χ1v) is 13.4. The van der Waals surface area contributed by atoms with E-state index < -0.39 is 0 Å². The number of anilines is 1. The highest BCUT2D eigenvalue weighted by Crippen LogP contribution is 2.43. The van der Waals surface area contributed by atoms with Crippen molar-refractivity contribution in [3.8, 4) is 5.69 Å². The van der Waals surface area contributed by atoms with Gasteiger partial charge in [0.05, 0.1) is 17.8 Å². The third-order valence-corrected chi connectivity index (χ3v) is 7.79. The molecule has 0 bridgehead atoms. The number of nitrogens with zero attached hydrogens (tertiary/aromatic N) is 3. The average Bonchev–Trinajstić information content (AvgIpc) is 3.35. The van der Waals surface area contributed by atoms with Crippen LogP contribution in [-0.4, -0.2) is 32.0 Å². The van der Waals surface area contributed by atoms with Gasteiger partial charge in [-0.1, -0.05) is 41.9 Å². The largest absolute Gasteiger partial charge is 0.352 e. The van der Waals surface area contributed by atoms with E-state index in [0.717, 1.165) is 28.5 Å². The molecule has 0 unspecified atom stereocenters. The quantitative estimate of drug-likeness (QED) is 0.262. The molecular formula is C30H30ClN5OS. The number of thiocarbonyl (C=S) groups is 1. The van der Waals surface area contributed by atoms with Gasteiger partial charge in [-0.2, -0.15) is 0 Å². The Morgan fingerprint density at radius 3 is 2.50 bits per heavy atom. The van der Waals surface area contributed by atoms with Crippen LogP contribution in [0.1, 0.15) is 46.7 Å². The fraction of sp³-hybridized carbons (Fsp3) is 0.233. The van der Waals surface area contributed by atoms with Crippen molar-refractivity contribution >= 4 is 40.5 Å². The average molecular weight is 544 g/mol. The van der Waals surface area contributed by atoms with Crippen LogP contribution in [0.2, 0.25) is 5.02 Å². The number of rotatable bonds is 7. The van der Waals surface area contributed by atoms with E-state index in [0.29, 0.717) is 23.1 Å². The second-order valence-corrected chi connectivity index (χ2v) is 10.3. The van der Waals surface area contributed by atoms with E-state index in [1.54, 1.807) is 6.20 Å². The van der Waals surface area contributed by atoms with E-state index in [2.05, 4.69) is 51.9 Å². The molecule has 2 atom stereocenters. The van der Waals surface area contributed by atoms with Crippen molar-refractivity contribution in [1.82, 2.24) is 19.8 Å². The summed E-state index contributed by atoms with van der Waals surface area (Å²) in [4.78, 5) is 19.6. The number of carbonyl (C=O) groups excluding carboxylic acids is 1. The van der Waals surface area contributed by atoms with Gasteiger partial charge in [-0.15, -0.1) is 0 Å². The van der Waals surface area contributed by atoms with Gasteiger partial charge in [-0.3, -0.25) is 9.78 Å². The zero-order chi connectivity index (χ0) is 26.8. The maximum absolute atomic E-state index is 12.8. The van der Waals surface area contributed by atoms with Crippen molar-refractivity contribution in [2.75, 3.05) is 11.9 Å². The zero-order valence-corrected chi connectivity index (χ0v) is 23.2. The van der Waals surface area contributed by atoms with E-state index in [4.69, 9.17) is 23.8 Å². The number of aromatic nitrogens is 2. The van der Waals surface area contributed by atoms with E-state index >= 15 is 0 Å². The van der Waals surface area contributed by atoms with Crippen LogP contribution in [0.25, 0.3) is 5.69 Å². The monoisotopic (exact) mass is 543 g/mol. The highest BCUT2D eigenvalue weighted by molar-refractivity contribution is 7.80. The van der Waals surface area contributed by atoms with Crippen LogP contribution in [0.4, 0.5) is 5.69 Å². The number of para-hydroxylation sites is 1. The van der Waals surface area contributed by atoms with E-state index in [1.807, 2.05) is 66.7 Å². The Kier molecular flexibility index (Phi) is 7.49.